The predicted molar refractivity (Wildman–Crippen MR) is 101 cm³/mol. The Kier molecular flexibility index (Phi) is 2.38. The second kappa shape index (κ2) is 4.22. The molecule has 2 heterocycles. The van der Waals surface area contributed by atoms with Gasteiger partial charge in [-0.1, -0.05) is 18.2 Å². The summed E-state index contributed by atoms with van der Waals surface area (Å²) < 4.78 is 5.35. The Morgan fingerprint density at radius 1 is 0.636 bits per heavy atom. The molecule has 3 aromatic carbocycles. The SMILES string of the molecule is Cc1ccc2c(c1)sc1cc3c(cc12)sc1cc(N)ccc13. The molecule has 5 rings (SSSR count). The molecule has 0 atom stereocenters. The van der Waals surface area contributed by atoms with E-state index in [1.165, 1.54) is 45.9 Å². The van der Waals surface area contributed by atoms with Gasteiger partial charge in [-0.15, -0.1) is 22.7 Å². The van der Waals surface area contributed by atoms with Crippen molar-refractivity contribution in [1.82, 2.24) is 0 Å². The molecular formula is C19H13NS2. The molecule has 0 spiro atoms. The number of aryl methyl sites for hydroxylation is 1. The fourth-order valence-corrected chi connectivity index (χ4v) is 5.57. The minimum Gasteiger partial charge on any atom is -0.399 e. The highest BCUT2D eigenvalue weighted by molar-refractivity contribution is 7.27. The number of benzene rings is 3. The van der Waals surface area contributed by atoms with E-state index < -0.39 is 0 Å². The van der Waals surface area contributed by atoms with Crippen LogP contribution < -0.4 is 5.73 Å². The van der Waals surface area contributed by atoms with Crippen LogP contribution >= 0.6 is 22.7 Å². The Balaban J connectivity index is 1.97. The van der Waals surface area contributed by atoms with Crippen molar-refractivity contribution in [3.05, 3.63) is 54.1 Å². The average Bonchev–Trinajstić information content (AvgIpc) is 3.00. The molecule has 0 bridgehead atoms. The Morgan fingerprint density at radius 3 is 1.86 bits per heavy atom. The zero-order valence-corrected chi connectivity index (χ0v) is 13.6. The van der Waals surface area contributed by atoms with Crippen LogP contribution in [0.25, 0.3) is 40.3 Å². The van der Waals surface area contributed by atoms with Crippen LogP contribution in [0, 0.1) is 6.92 Å². The van der Waals surface area contributed by atoms with Crippen molar-refractivity contribution in [1.29, 1.82) is 0 Å². The standard InChI is InChI=1S/C19H13NS2/c1-10-2-4-12-14-8-19-15(9-18(14)21-16(12)6-10)13-5-3-11(20)7-17(13)22-19/h2-9H,20H2,1H3. The van der Waals surface area contributed by atoms with Gasteiger partial charge in [0.15, 0.2) is 0 Å². The molecule has 22 heavy (non-hydrogen) atoms. The molecule has 2 N–H and O–H groups in total. The number of nitrogens with two attached hydrogens (primary N) is 1. The van der Waals surface area contributed by atoms with Crippen LogP contribution in [0.2, 0.25) is 0 Å². The van der Waals surface area contributed by atoms with E-state index in [1.54, 1.807) is 0 Å². The number of anilines is 1. The topological polar surface area (TPSA) is 26.0 Å². The van der Waals surface area contributed by atoms with Crippen molar-refractivity contribution in [2.75, 3.05) is 5.73 Å². The van der Waals surface area contributed by atoms with Gasteiger partial charge in [0.25, 0.3) is 0 Å². The number of fused-ring (bicyclic) bond motifs is 6. The van der Waals surface area contributed by atoms with Crippen LogP contribution in [-0.2, 0) is 0 Å². The lowest BCUT2D eigenvalue weighted by atomic mass is 10.1. The van der Waals surface area contributed by atoms with Crippen LogP contribution in [0.3, 0.4) is 0 Å². The molecule has 5 aromatic rings. The summed E-state index contributed by atoms with van der Waals surface area (Å²) in [4.78, 5) is 0. The summed E-state index contributed by atoms with van der Waals surface area (Å²) in [7, 11) is 0. The Bertz CT molecular complexity index is 1100. The van der Waals surface area contributed by atoms with Crippen LogP contribution in [0.1, 0.15) is 5.56 Å². The fourth-order valence-electron chi connectivity index (χ4n) is 3.17. The zero-order valence-electron chi connectivity index (χ0n) is 12.0. The first-order chi connectivity index (χ1) is 10.7. The summed E-state index contributed by atoms with van der Waals surface area (Å²) in [6.45, 7) is 2.15. The molecule has 0 radical (unpaired) electrons. The van der Waals surface area contributed by atoms with Crippen molar-refractivity contribution in [3.8, 4) is 0 Å². The molecule has 2 aromatic heterocycles. The van der Waals surface area contributed by atoms with E-state index >= 15 is 0 Å². The van der Waals surface area contributed by atoms with Crippen molar-refractivity contribution in [2.24, 2.45) is 0 Å². The third kappa shape index (κ3) is 1.64. The minimum atomic E-state index is 0.835. The second-order valence-electron chi connectivity index (χ2n) is 5.80. The Morgan fingerprint density at radius 2 is 1.18 bits per heavy atom. The van der Waals surface area contributed by atoms with Crippen molar-refractivity contribution in [3.63, 3.8) is 0 Å². The molecule has 3 heteroatoms. The number of hydrogen-bond donors (Lipinski definition) is 1. The Hall–Kier alpha value is -2.10. The first-order valence-electron chi connectivity index (χ1n) is 7.24. The summed E-state index contributed by atoms with van der Waals surface area (Å²) in [6, 6.07) is 17.6. The molecule has 0 aliphatic heterocycles. The maximum atomic E-state index is 5.92. The van der Waals surface area contributed by atoms with E-state index in [2.05, 4.69) is 49.4 Å². The molecule has 106 valence electrons. The van der Waals surface area contributed by atoms with Gasteiger partial charge in [0.05, 0.1) is 0 Å². The smallest absolute Gasteiger partial charge is 0.0375 e. The van der Waals surface area contributed by atoms with Gasteiger partial charge < -0.3 is 5.73 Å². The summed E-state index contributed by atoms with van der Waals surface area (Å²) in [5.74, 6) is 0. The maximum absolute atomic E-state index is 5.92. The molecule has 0 saturated carbocycles. The van der Waals surface area contributed by atoms with Gasteiger partial charge in [0.2, 0.25) is 0 Å². The van der Waals surface area contributed by atoms with E-state index in [-0.39, 0.29) is 0 Å². The van der Waals surface area contributed by atoms with E-state index in [0.29, 0.717) is 0 Å². The molecule has 0 fully saturated rings. The third-order valence-electron chi connectivity index (χ3n) is 4.24. The number of thiophene rings is 2. The minimum absolute atomic E-state index is 0.835. The first kappa shape index (κ1) is 12.4. The lowest BCUT2D eigenvalue weighted by molar-refractivity contribution is 1.52. The number of nitrogen functional groups attached to an aromatic ring is 1. The van der Waals surface area contributed by atoms with Gasteiger partial charge in [-0.25, -0.2) is 0 Å². The van der Waals surface area contributed by atoms with Crippen molar-refractivity contribution >= 4 is 68.7 Å². The van der Waals surface area contributed by atoms with Crippen LogP contribution in [0.4, 0.5) is 5.69 Å². The number of hydrogen-bond acceptors (Lipinski definition) is 3. The highest BCUT2D eigenvalue weighted by Gasteiger charge is 2.11. The Labute approximate surface area is 135 Å². The first-order valence-corrected chi connectivity index (χ1v) is 8.87. The predicted octanol–water partition coefficient (Wildman–Crippen LogP) is 6.31. The lowest BCUT2D eigenvalue weighted by Gasteiger charge is -1.95. The molecule has 0 saturated heterocycles. The van der Waals surface area contributed by atoms with E-state index in [9.17, 15) is 0 Å². The van der Waals surface area contributed by atoms with E-state index in [0.717, 1.165) is 5.69 Å². The average molecular weight is 319 g/mol. The molecule has 1 nitrogen and oxygen atoms in total. The quantitative estimate of drug-likeness (QED) is 0.332. The van der Waals surface area contributed by atoms with Crippen molar-refractivity contribution in [2.45, 2.75) is 6.92 Å². The molecule has 0 aliphatic rings. The molecule has 0 unspecified atom stereocenters. The maximum Gasteiger partial charge on any atom is 0.0375 e. The largest absolute Gasteiger partial charge is 0.399 e. The molecule has 0 aliphatic carbocycles. The van der Waals surface area contributed by atoms with E-state index in [1.807, 2.05) is 28.7 Å². The van der Waals surface area contributed by atoms with Gasteiger partial charge in [0.1, 0.15) is 0 Å². The van der Waals surface area contributed by atoms with Crippen LogP contribution in [0.15, 0.2) is 48.5 Å². The summed E-state index contributed by atoms with van der Waals surface area (Å²) in [5, 5.41) is 5.39. The molecular weight excluding hydrogens is 306 g/mol. The second-order valence-corrected chi connectivity index (χ2v) is 7.97. The van der Waals surface area contributed by atoms with Crippen LogP contribution in [-0.4, -0.2) is 0 Å². The van der Waals surface area contributed by atoms with Gasteiger partial charge in [-0.3, -0.25) is 0 Å². The summed E-state index contributed by atoms with van der Waals surface area (Å²) in [6.07, 6.45) is 0. The normalized spacial score (nSPS) is 12.0. The lowest BCUT2D eigenvalue weighted by Crippen LogP contribution is -1.80. The van der Waals surface area contributed by atoms with Gasteiger partial charge in [-0.2, -0.15) is 0 Å². The summed E-state index contributed by atoms with van der Waals surface area (Å²) in [5.41, 5.74) is 8.08. The highest BCUT2D eigenvalue weighted by atomic mass is 32.1. The highest BCUT2D eigenvalue weighted by Crippen LogP contribution is 2.42. The third-order valence-corrected chi connectivity index (χ3v) is 6.48. The fraction of sp³-hybridized carbons (Fsp3) is 0.0526. The molecule has 0 amide bonds. The van der Waals surface area contributed by atoms with Gasteiger partial charge in [-0.05, 0) is 42.8 Å². The van der Waals surface area contributed by atoms with Gasteiger partial charge >= 0.3 is 0 Å². The summed E-state index contributed by atoms with van der Waals surface area (Å²) >= 11 is 3.72. The monoisotopic (exact) mass is 319 g/mol. The number of rotatable bonds is 0. The van der Waals surface area contributed by atoms with E-state index in [4.69, 9.17) is 5.73 Å². The zero-order chi connectivity index (χ0) is 14.8. The van der Waals surface area contributed by atoms with Crippen molar-refractivity contribution < 1.29 is 0 Å². The van der Waals surface area contributed by atoms with Gasteiger partial charge in [0, 0.05) is 46.0 Å². The van der Waals surface area contributed by atoms with Crippen LogP contribution in [0.5, 0.6) is 0 Å².